The highest BCUT2D eigenvalue weighted by atomic mass is 35.5. The highest BCUT2D eigenvalue weighted by molar-refractivity contribution is 6.39. The van der Waals surface area contributed by atoms with E-state index in [2.05, 4.69) is 5.32 Å². The minimum Gasteiger partial charge on any atom is -0.478 e. The number of barbiturate groups is 1. The Morgan fingerprint density at radius 3 is 2.49 bits per heavy atom. The van der Waals surface area contributed by atoms with E-state index in [9.17, 15) is 24.3 Å². The zero-order chi connectivity index (χ0) is 25.4. The molecule has 8 nitrogen and oxygen atoms in total. The third-order valence-corrected chi connectivity index (χ3v) is 6.25. The molecule has 2 aromatic carbocycles. The van der Waals surface area contributed by atoms with Crippen molar-refractivity contribution >= 4 is 47.2 Å². The van der Waals surface area contributed by atoms with Gasteiger partial charge in [-0.2, -0.15) is 0 Å². The van der Waals surface area contributed by atoms with Gasteiger partial charge in [0.25, 0.3) is 11.8 Å². The number of carboxylic acids is 1. The molecule has 1 aliphatic rings. The van der Waals surface area contributed by atoms with Gasteiger partial charge >= 0.3 is 12.0 Å². The number of urea groups is 1. The number of hydrogen-bond donors (Lipinski definition) is 2. The summed E-state index contributed by atoms with van der Waals surface area (Å²) in [5.74, 6) is -2.65. The first-order valence-electron chi connectivity index (χ1n) is 10.9. The number of imide groups is 2. The molecule has 35 heavy (non-hydrogen) atoms. The molecule has 1 aliphatic heterocycles. The molecule has 0 aliphatic carbocycles. The van der Waals surface area contributed by atoms with Crippen LogP contribution in [0.4, 0.5) is 10.5 Å². The highest BCUT2D eigenvalue weighted by Gasteiger charge is 2.37. The lowest BCUT2D eigenvalue weighted by Crippen LogP contribution is -2.54. The summed E-state index contributed by atoms with van der Waals surface area (Å²) in [5, 5.41) is 11.8. The number of carboxylic acid groups (broad SMARTS) is 1. The Morgan fingerprint density at radius 2 is 1.80 bits per heavy atom. The van der Waals surface area contributed by atoms with Crippen molar-refractivity contribution in [1.29, 1.82) is 0 Å². The summed E-state index contributed by atoms with van der Waals surface area (Å²) in [4.78, 5) is 51.1. The van der Waals surface area contributed by atoms with Crippen LogP contribution in [0.5, 0.6) is 0 Å². The van der Waals surface area contributed by atoms with Crippen LogP contribution in [-0.4, -0.2) is 33.5 Å². The molecule has 0 unspecified atom stereocenters. The summed E-state index contributed by atoms with van der Waals surface area (Å²) >= 11 is 6.01. The number of nitrogens with zero attached hydrogens (tertiary/aromatic N) is 2. The van der Waals surface area contributed by atoms with Gasteiger partial charge in [0.15, 0.2) is 0 Å². The van der Waals surface area contributed by atoms with Crippen LogP contribution in [0.2, 0.25) is 5.02 Å². The van der Waals surface area contributed by atoms with Crippen molar-refractivity contribution in [2.75, 3.05) is 4.90 Å². The fourth-order valence-corrected chi connectivity index (χ4v) is 4.41. The van der Waals surface area contributed by atoms with Crippen molar-refractivity contribution in [3.63, 3.8) is 0 Å². The predicted molar refractivity (Wildman–Crippen MR) is 132 cm³/mol. The van der Waals surface area contributed by atoms with E-state index in [1.165, 1.54) is 18.2 Å². The Balaban J connectivity index is 1.79. The third-order valence-electron chi connectivity index (χ3n) is 5.92. The molecule has 178 valence electrons. The van der Waals surface area contributed by atoms with Gasteiger partial charge in [-0.15, -0.1) is 0 Å². The van der Waals surface area contributed by atoms with Crippen LogP contribution in [0.15, 0.2) is 54.1 Å². The molecule has 9 heteroatoms. The average Bonchev–Trinajstić information content (AvgIpc) is 3.09. The predicted octanol–water partition coefficient (Wildman–Crippen LogP) is 4.67. The number of amides is 4. The summed E-state index contributed by atoms with van der Waals surface area (Å²) in [6, 6.07) is 12.7. The van der Waals surface area contributed by atoms with E-state index in [4.69, 9.17) is 11.6 Å². The molecule has 0 saturated carbocycles. The monoisotopic (exact) mass is 491 g/mol. The van der Waals surface area contributed by atoms with Crippen molar-refractivity contribution in [3.05, 3.63) is 87.2 Å². The molecule has 4 rings (SSSR count). The van der Waals surface area contributed by atoms with E-state index in [-0.39, 0.29) is 16.2 Å². The fourth-order valence-electron chi connectivity index (χ4n) is 4.21. The molecule has 3 aromatic rings. The van der Waals surface area contributed by atoms with Gasteiger partial charge < -0.3 is 9.67 Å². The summed E-state index contributed by atoms with van der Waals surface area (Å²) in [7, 11) is 0. The number of aryl methyl sites for hydroxylation is 2. The standard InChI is InChI=1S/C26H22ClN3O5/c1-4-16-7-5-6-8-22(16)30-24(32)20(23(31)28-26(30)35)12-17-11-14(2)29(15(17)3)18-9-10-21(27)19(13-18)25(33)34/h5-13H,4H2,1-3H3,(H,33,34)(H,28,31,35)/b20-12+. The van der Waals surface area contributed by atoms with Crippen LogP contribution in [-0.2, 0) is 16.0 Å². The van der Waals surface area contributed by atoms with Crippen LogP contribution < -0.4 is 10.2 Å². The molecule has 2 heterocycles. The Morgan fingerprint density at radius 1 is 1.09 bits per heavy atom. The number of rotatable bonds is 5. The Hall–Kier alpha value is -4.17. The number of aromatic carboxylic acids is 1. The first kappa shape index (κ1) is 24.0. The van der Waals surface area contributed by atoms with Crippen molar-refractivity contribution in [1.82, 2.24) is 9.88 Å². The Kier molecular flexibility index (Phi) is 6.32. The van der Waals surface area contributed by atoms with Crippen molar-refractivity contribution in [2.45, 2.75) is 27.2 Å². The van der Waals surface area contributed by atoms with Crippen molar-refractivity contribution in [2.24, 2.45) is 0 Å². The number of halogens is 1. The molecule has 0 atom stereocenters. The third kappa shape index (κ3) is 4.24. The first-order chi connectivity index (χ1) is 16.6. The van der Waals surface area contributed by atoms with E-state index >= 15 is 0 Å². The minimum absolute atomic E-state index is 0.0397. The van der Waals surface area contributed by atoms with Crippen LogP contribution in [0.1, 0.15) is 39.8 Å². The normalized spacial score (nSPS) is 15.0. The fraction of sp³-hybridized carbons (Fsp3) is 0.154. The number of para-hydroxylation sites is 1. The SMILES string of the molecule is CCc1ccccc1N1C(=O)NC(=O)/C(=C\c2cc(C)n(-c3ccc(Cl)c(C(=O)O)c3)c2C)C1=O. The zero-order valence-electron chi connectivity index (χ0n) is 19.3. The second kappa shape index (κ2) is 9.23. The molecule has 1 aromatic heterocycles. The van der Waals surface area contributed by atoms with E-state index in [0.717, 1.165) is 16.2 Å². The molecule has 4 amide bonds. The minimum atomic E-state index is -1.15. The van der Waals surface area contributed by atoms with Crippen molar-refractivity contribution < 1.29 is 24.3 Å². The number of carbonyl (C=O) groups excluding carboxylic acids is 3. The molecule has 1 saturated heterocycles. The van der Waals surface area contributed by atoms with Gasteiger partial charge in [-0.1, -0.05) is 36.7 Å². The van der Waals surface area contributed by atoms with Gasteiger partial charge in [-0.25, -0.2) is 14.5 Å². The largest absolute Gasteiger partial charge is 0.478 e. The maximum Gasteiger partial charge on any atom is 0.337 e. The quantitative estimate of drug-likeness (QED) is 0.398. The lowest BCUT2D eigenvalue weighted by atomic mass is 10.0. The Labute approximate surface area is 206 Å². The number of hydrogen-bond acceptors (Lipinski definition) is 4. The summed E-state index contributed by atoms with van der Waals surface area (Å²) in [6.07, 6.45) is 2.04. The van der Waals surface area contributed by atoms with Gasteiger partial charge in [-0.05, 0) is 67.8 Å². The first-order valence-corrected chi connectivity index (χ1v) is 11.2. The molecule has 0 radical (unpaired) electrons. The summed E-state index contributed by atoms with van der Waals surface area (Å²) in [5.41, 5.74) is 3.56. The number of nitrogens with one attached hydrogen (secondary N) is 1. The number of anilines is 1. The second-order valence-electron chi connectivity index (χ2n) is 8.07. The van der Waals surface area contributed by atoms with Crippen molar-refractivity contribution in [3.8, 4) is 5.69 Å². The van der Waals surface area contributed by atoms with E-state index < -0.39 is 23.8 Å². The molecule has 1 fully saturated rings. The number of carbonyl (C=O) groups is 4. The smallest absolute Gasteiger partial charge is 0.337 e. The van der Waals surface area contributed by atoms with Crippen LogP contribution in [0.3, 0.4) is 0 Å². The van der Waals surface area contributed by atoms with Gasteiger partial charge in [-0.3, -0.25) is 14.9 Å². The van der Waals surface area contributed by atoms with Crippen LogP contribution in [0.25, 0.3) is 11.8 Å². The molecular formula is C26H22ClN3O5. The topological polar surface area (TPSA) is 109 Å². The maximum atomic E-state index is 13.3. The van der Waals surface area contributed by atoms with Crippen LogP contribution >= 0.6 is 11.6 Å². The molecule has 2 N–H and O–H groups in total. The average molecular weight is 492 g/mol. The zero-order valence-corrected chi connectivity index (χ0v) is 20.0. The molecular weight excluding hydrogens is 470 g/mol. The van der Waals surface area contributed by atoms with Gasteiger partial charge in [0, 0.05) is 17.1 Å². The summed E-state index contributed by atoms with van der Waals surface area (Å²) in [6.45, 7) is 5.52. The van der Waals surface area contributed by atoms with Crippen LogP contribution in [0, 0.1) is 13.8 Å². The molecule has 0 bridgehead atoms. The number of benzene rings is 2. The maximum absolute atomic E-state index is 13.3. The van der Waals surface area contributed by atoms with E-state index in [1.807, 2.05) is 26.0 Å². The van der Waals surface area contributed by atoms with E-state index in [1.54, 1.807) is 35.8 Å². The molecule has 0 spiro atoms. The van der Waals surface area contributed by atoms with Gasteiger partial charge in [0.2, 0.25) is 0 Å². The van der Waals surface area contributed by atoms with E-state index in [0.29, 0.717) is 29.1 Å². The lowest BCUT2D eigenvalue weighted by molar-refractivity contribution is -0.122. The second-order valence-corrected chi connectivity index (χ2v) is 8.48. The highest BCUT2D eigenvalue weighted by Crippen LogP contribution is 2.29. The van der Waals surface area contributed by atoms with Gasteiger partial charge in [0.1, 0.15) is 5.57 Å². The Bertz CT molecular complexity index is 1440. The van der Waals surface area contributed by atoms with Gasteiger partial charge in [0.05, 0.1) is 16.3 Å². The number of aromatic nitrogens is 1. The lowest BCUT2D eigenvalue weighted by Gasteiger charge is -2.28. The summed E-state index contributed by atoms with van der Waals surface area (Å²) < 4.78 is 1.80.